The molecule has 0 aliphatic heterocycles. The molecule has 2 aromatic rings. The maximum absolute atomic E-state index is 13.1. The number of benzene rings is 2. The molecular formula is C19H18F5N3O. The molecule has 0 spiro atoms. The van der Waals surface area contributed by atoms with Crippen molar-refractivity contribution in [2.75, 3.05) is 18.0 Å². The number of Topliss-reactive ketones (excluding diaryl/α,β-unsaturated/α-hetero) is 1. The summed E-state index contributed by atoms with van der Waals surface area (Å²) in [7, 11) is 0. The van der Waals surface area contributed by atoms with Crippen LogP contribution in [0.15, 0.2) is 58.8 Å². The van der Waals surface area contributed by atoms with Gasteiger partial charge in [0.05, 0.1) is 11.4 Å². The number of nitrogens with zero attached hydrogens (tertiary/aromatic N) is 3. The normalized spacial score (nSPS) is 12.4. The number of azo groups is 1. The highest BCUT2D eigenvalue weighted by molar-refractivity contribution is 6.02. The molecule has 4 nitrogen and oxygen atoms in total. The first-order valence-corrected chi connectivity index (χ1v) is 8.46. The van der Waals surface area contributed by atoms with Crippen molar-refractivity contribution in [2.24, 2.45) is 10.2 Å². The molecule has 0 aromatic heterocycles. The minimum absolute atomic E-state index is 0.208. The summed E-state index contributed by atoms with van der Waals surface area (Å²) in [4.78, 5) is 13.6. The summed E-state index contributed by atoms with van der Waals surface area (Å²) < 4.78 is 63.0. The van der Waals surface area contributed by atoms with E-state index in [9.17, 15) is 26.7 Å². The number of halogens is 5. The van der Waals surface area contributed by atoms with Crippen molar-refractivity contribution < 1.29 is 26.7 Å². The smallest absolute Gasteiger partial charge is 0.372 e. The van der Waals surface area contributed by atoms with E-state index in [1.807, 2.05) is 26.0 Å². The van der Waals surface area contributed by atoms with Crippen LogP contribution in [0.4, 0.5) is 39.0 Å². The lowest BCUT2D eigenvalue weighted by Crippen LogP contribution is -2.44. The molecule has 0 radical (unpaired) electrons. The third-order valence-electron chi connectivity index (χ3n) is 4.03. The summed E-state index contributed by atoms with van der Waals surface area (Å²) in [5, 5.41) is 7.88. The monoisotopic (exact) mass is 399 g/mol. The predicted molar refractivity (Wildman–Crippen MR) is 96.0 cm³/mol. The van der Waals surface area contributed by atoms with Crippen LogP contribution in [-0.2, 0) is 0 Å². The van der Waals surface area contributed by atoms with Crippen LogP contribution in [-0.4, -0.2) is 31.0 Å². The van der Waals surface area contributed by atoms with Crippen LogP contribution < -0.4 is 4.90 Å². The largest absolute Gasteiger partial charge is 0.461 e. The molecule has 0 saturated heterocycles. The van der Waals surface area contributed by atoms with E-state index in [1.165, 1.54) is 0 Å². The van der Waals surface area contributed by atoms with Gasteiger partial charge in [-0.3, -0.25) is 4.79 Å². The summed E-state index contributed by atoms with van der Waals surface area (Å²) in [6.45, 7) is 5.79. The van der Waals surface area contributed by atoms with Crippen LogP contribution in [0, 0.1) is 0 Å². The SMILES string of the molecule is CCN(CC)c1ccc(N=Nc2ccc(C(=O)C(F)(F)C(F)(F)F)cc2)cc1. The Morgan fingerprint density at radius 1 is 0.821 bits per heavy atom. The van der Waals surface area contributed by atoms with Gasteiger partial charge in [-0.25, -0.2) is 0 Å². The van der Waals surface area contributed by atoms with Gasteiger partial charge < -0.3 is 4.90 Å². The minimum Gasteiger partial charge on any atom is -0.372 e. The molecule has 0 amide bonds. The molecule has 150 valence electrons. The highest BCUT2D eigenvalue weighted by Gasteiger charge is 2.63. The Morgan fingerprint density at radius 3 is 1.64 bits per heavy atom. The van der Waals surface area contributed by atoms with E-state index < -0.39 is 23.4 Å². The molecule has 0 aliphatic rings. The molecule has 0 bridgehead atoms. The number of rotatable bonds is 7. The molecule has 0 fully saturated rings. The topological polar surface area (TPSA) is 45.0 Å². The number of carbonyl (C=O) groups excluding carboxylic acids is 1. The van der Waals surface area contributed by atoms with Crippen molar-refractivity contribution >= 4 is 22.8 Å². The third-order valence-corrected chi connectivity index (χ3v) is 4.03. The summed E-state index contributed by atoms with van der Waals surface area (Å²) >= 11 is 0. The van der Waals surface area contributed by atoms with Gasteiger partial charge in [-0.1, -0.05) is 0 Å². The van der Waals surface area contributed by atoms with E-state index >= 15 is 0 Å². The van der Waals surface area contributed by atoms with E-state index in [0.717, 1.165) is 43.0 Å². The second-order valence-corrected chi connectivity index (χ2v) is 5.84. The van der Waals surface area contributed by atoms with E-state index in [4.69, 9.17) is 0 Å². The molecule has 2 aromatic carbocycles. The molecule has 0 unspecified atom stereocenters. The number of alkyl halides is 5. The Labute approximate surface area is 158 Å². The fourth-order valence-electron chi connectivity index (χ4n) is 2.42. The van der Waals surface area contributed by atoms with E-state index in [-0.39, 0.29) is 5.69 Å². The highest BCUT2D eigenvalue weighted by Crippen LogP contribution is 2.38. The molecule has 28 heavy (non-hydrogen) atoms. The van der Waals surface area contributed by atoms with Crippen LogP contribution in [0.3, 0.4) is 0 Å². The van der Waals surface area contributed by atoms with E-state index in [2.05, 4.69) is 15.1 Å². The lowest BCUT2D eigenvalue weighted by molar-refractivity contribution is -0.255. The third kappa shape index (κ3) is 4.71. The van der Waals surface area contributed by atoms with Gasteiger partial charge in [-0.2, -0.15) is 32.2 Å². The lowest BCUT2D eigenvalue weighted by Gasteiger charge is -2.20. The van der Waals surface area contributed by atoms with Gasteiger partial charge in [0, 0.05) is 24.3 Å². The fraction of sp³-hybridized carbons (Fsp3) is 0.316. The fourth-order valence-corrected chi connectivity index (χ4v) is 2.42. The zero-order chi connectivity index (χ0) is 20.9. The first-order valence-electron chi connectivity index (χ1n) is 8.46. The number of carbonyl (C=O) groups is 1. The summed E-state index contributed by atoms with van der Waals surface area (Å²) in [6, 6.07) is 11.3. The van der Waals surface area contributed by atoms with Crippen molar-refractivity contribution in [2.45, 2.75) is 25.9 Å². The maximum atomic E-state index is 13.1. The van der Waals surface area contributed by atoms with Gasteiger partial charge in [0.25, 0.3) is 0 Å². The number of hydrogen-bond donors (Lipinski definition) is 0. The number of hydrogen-bond acceptors (Lipinski definition) is 4. The molecule has 0 atom stereocenters. The zero-order valence-electron chi connectivity index (χ0n) is 15.2. The standard InChI is InChI=1S/C19H18F5N3O/c1-3-27(4-2)16-11-9-15(10-12-16)26-25-14-7-5-13(6-8-14)17(28)18(20,21)19(22,23)24/h5-12H,3-4H2,1-2H3. The lowest BCUT2D eigenvalue weighted by atomic mass is 10.0. The predicted octanol–water partition coefficient (Wildman–Crippen LogP) is 6.33. The highest BCUT2D eigenvalue weighted by atomic mass is 19.4. The van der Waals surface area contributed by atoms with Crippen molar-refractivity contribution in [3.05, 3.63) is 54.1 Å². The van der Waals surface area contributed by atoms with Crippen LogP contribution >= 0.6 is 0 Å². The van der Waals surface area contributed by atoms with E-state index in [1.54, 1.807) is 12.1 Å². The number of ketones is 1. The summed E-state index contributed by atoms with van der Waals surface area (Å²) in [6.07, 6.45) is -5.94. The van der Waals surface area contributed by atoms with Gasteiger partial charge in [0.15, 0.2) is 0 Å². The molecule has 9 heteroatoms. The van der Waals surface area contributed by atoms with E-state index in [0.29, 0.717) is 5.69 Å². The van der Waals surface area contributed by atoms with Crippen molar-refractivity contribution in [1.29, 1.82) is 0 Å². The zero-order valence-corrected chi connectivity index (χ0v) is 15.2. The molecule has 0 saturated carbocycles. The van der Waals surface area contributed by atoms with Crippen molar-refractivity contribution in [3.8, 4) is 0 Å². The Bertz CT molecular complexity index is 826. The van der Waals surface area contributed by atoms with Crippen LogP contribution in [0.5, 0.6) is 0 Å². The Hall–Kier alpha value is -2.84. The van der Waals surface area contributed by atoms with Crippen LogP contribution in [0.25, 0.3) is 0 Å². The first kappa shape index (κ1) is 21.5. The van der Waals surface area contributed by atoms with Crippen LogP contribution in [0.2, 0.25) is 0 Å². The van der Waals surface area contributed by atoms with Gasteiger partial charge in [0.2, 0.25) is 5.78 Å². The molecule has 0 aliphatic carbocycles. The van der Waals surface area contributed by atoms with Crippen molar-refractivity contribution in [1.82, 2.24) is 0 Å². The second-order valence-electron chi connectivity index (χ2n) is 5.84. The first-order chi connectivity index (χ1) is 13.1. The van der Waals surface area contributed by atoms with Gasteiger partial charge in [-0.15, -0.1) is 0 Å². The maximum Gasteiger partial charge on any atom is 0.461 e. The van der Waals surface area contributed by atoms with Crippen molar-refractivity contribution in [3.63, 3.8) is 0 Å². The van der Waals surface area contributed by atoms with Gasteiger partial charge in [0.1, 0.15) is 0 Å². The Morgan fingerprint density at radius 2 is 1.25 bits per heavy atom. The quantitative estimate of drug-likeness (QED) is 0.310. The second kappa shape index (κ2) is 8.45. The van der Waals surface area contributed by atoms with Crippen LogP contribution in [0.1, 0.15) is 24.2 Å². The number of anilines is 1. The summed E-state index contributed by atoms with van der Waals surface area (Å²) in [5.74, 6) is -7.75. The van der Waals surface area contributed by atoms with Gasteiger partial charge >= 0.3 is 12.1 Å². The average Bonchev–Trinajstić information content (AvgIpc) is 2.67. The molecule has 0 N–H and O–H groups in total. The Balaban J connectivity index is 2.11. The minimum atomic E-state index is -5.94. The summed E-state index contributed by atoms with van der Waals surface area (Å²) in [5.41, 5.74) is 1.02. The molecule has 0 heterocycles. The molecule has 2 rings (SSSR count). The Kier molecular flexibility index (Phi) is 6.48. The average molecular weight is 399 g/mol. The van der Waals surface area contributed by atoms with Gasteiger partial charge in [-0.05, 0) is 62.4 Å². The molecular weight excluding hydrogens is 381 g/mol.